The standard InChI is InChI=1S/C140H103BN4/c1-137(2,3)108-86-118(102-76-80-114-100(84-102)74-72-96-42-25-27-52-112(96)114)136(119(87-108)103-77-81-115-101(85-103)75-73-97-43-26-28-53-113(97)115)145-131-91-111(143-128-62-35-31-58-122(128)140(106-48-21-11-22-49-106,107-50-23-12-24-51-107)123-59-32-36-63-129(123)143)79-83-125(131)141-124-82-78-110(142-126-60-33-29-56-120(126)139(104-44-17-9-18-45-104,105-46-19-10-20-47-105)121-57-30-34-61-127(121)142)90-130(124)144(132-88-109(138(4,5)6)89-133(145)134(132)141)135-116(98-68-64-94(65-69-98)92-38-13-7-14-39-92)54-37-55-117(135)99-70-66-95(67-71-99)93-40-15-8-16-41-93/h7-91H,1-6H3. The van der Waals surface area contributed by atoms with Crippen LogP contribution in [0.1, 0.15) is 97.2 Å². The van der Waals surface area contributed by atoms with E-state index in [2.05, 4.69) is 577 Å². The first kappa shape index (κ1) is 86.5. The number of para-hydroxylation sites is 5. The van der Waals surface area contributed by atoms with Crippen molar-refractivity contribution in [3.63, 3.8) is 0 Å². The van der Waals surface area contributed by atoms with E-state index in [0.717, 1.165) is 124 Å². The van der Waals surface area contributed by atoms with Gasteiger partial charge in [0.1, 0.15) is 0 Å². The van der Waals surface area contributed by atoms with Crippen LogP contribution in [0.5, 0.6) is 0 Å². The fourth-order valence-corrected chi connectivity index (χ4v) is 24.8. The summed E-state index contributed by atoms with van der Waals surface area (Å²) >= 11 is 0. The smallest absolute Gasteiger partial charge is 0.252 e. The Balaban J connectivity index is 0.797. The molecule has 0 saturated heterocycles. The first-order valence-electron chi connectivity index (χ1n) is 50.9. The molecule has 4 nitrogen and oxygen atoms in total. The first-order chi connectivity index (χ1) is 71.2. The van der Waals surface area contributed by atoms with Gasteiger partial charge in [0.2, 0.25) is 0 Å². The third-order valence-corrected chi connectivity index (χ3v) is 31.6. The SMILES string of the molecule is CC(C)(C)c1cc(-c2ccc3c(ccc4ccccc43)c2)c(N2c3cc(N4c5ccccc5C(c5ccccc5)(c5ccccc5)c5ccccc54)ccc3B3c4ccc(N5c6ccccc6C(c6ccccc6)(c6ccccc6)c6ccccc65)cc4N(c4c(-c5ccc(-c6ccccc6)cc5)cccc4-c4ccc(-c5ccccc5)cc4)c4cc(C(C)(C)C)cc2c43)c(-c2ccc3c(ccc4ccccc43)c2)c1. The molecule has 27 rings (SSSR count). The van der Waals surface area contributed by atoms with Crippen LogP contribution in [0.3, 0.4) is 0 Å². The molecule has 0 bridgehead atoms. The van der Waals surface area contributed by atoms with E-state index < -0.39 is 23.0 Å². The Morgan fingerprint density at radius 2 is 0.476 bits per heavy atom. The molecule has 0 aromatic heterocycles. The second kappa shape index (κ2) is 34.1. The van der Waals surface area contributed by atoms with E-state index in [1.54, 1.807) is 0 Å². The molecule has 0 fully saturated rings. The summed E-state index contributed by atoms with van der Waals surface area (Å²) in [6.45, 7) is 14.1. The zero-order valence-electron chi connectivity index (χ0n) is 81.9. The van der Waals surface area contributed by atoms with E-state index in [1.807, 2.05) is 0 Å². The van der Waals surface area contributed by atoms with Crippen molar-refractivity contribution in [1.29, 1.82) is 0 Å². The Morgan fingerprint density at radius 1 is 0.186 bits per heavy atom. The van der Waals surface area contributed by atoms with Gasteiger partial charge in [-0.15, -0.1) is 0 Å². The number of rotatable bonds is 14. The lowest BCUT2D eigenvalue weighted by molar-refractivity contribution is 0.590. The maximum absolute atomic E-state index is 2.80. The summed E-state index contributed by atoms with van der Waals surface area (Å²) < 4.78 is 0. The number of benzene rings is 23. The molecule has 0 N–H and O–H groups in total. The highest BCUT2D eigenvalue weighted by atomic mass is 15.2. The molecule has 0 atom stereocenters. The van der Waals surface area contributed by atoms with Crippen molar-refractivity contribution < 1.29 is 0 Å². The molecule has 23 aromatic rings. The van der Waals surface area contributed by atoms with E-state index in [1.165, 1.54) is 126 Å². The minimum absolute atomic E-state index is 0.335. The number of fused-ring (bicyclic) bond motifs is 14. The maximum atomic E-state index is 2.80. The molecule has 145 heavy (non-hydrogen) atoms. The molecule has 5 heteroatoms. The zero-order valence-corrected chi connectivity index (χ0v) is 81.9. The Bertz CT molecular complexity index is 8660. The predicted octanol–water partition coefficient (Wildman–Crippen LogP) is 35.3. The molecular formula is C140H103BN4. The van der Waals surface area contributed by atoms with E-state index in [9.17, 15) is 0 Å². The number of anilines is 12. The minimum Gasteiger partial charge on any atom is -0.310 e. The Kier molecular flexibility index (Phi) is 20.3. The summed E-state index contributed by atoms with van der Waals surface area (Å²) in [6, 6.07) is 197. The highest BCUT2D eigenvalue weighted by Crippen LogP contribution is 2.63. The summed E-state index contributed by atoms with van der Waals surface area (Å²) in [4.78, 5) is 10.8. The highest BCUT2D eigenvalue weighted by molar-refractivity contribution is 7.00. The second-order valence-corrected chi connectivity index (χ2v) is 41.7. The van der Waals surface area contributed by atoms with Gasteiger partial charge in [-0.25, -0.2) is 0 Å². The van der Waals surface area contributed by atoms with Crippen molar-refractivity contribution in [1.82, 2.24) is 0 Å². The molecule has 0 aliphatic carbocycles. The Hall–Kier alpha value is -17.6. The quantitative estimate of drug-likeness (QED) is 0.0795. The summed E-state index contributed by atoms with van der Waals surface area (Å²) in [5.74, 6) is 0. The van der Waals surface area contributed by atoms with Crippen molar-refractivity contribution >= 4 is 134 Å². The number of hydrogen-bond donors (Lipinski definition) is 0. The van der Waals surface area contributed by atoms with Crippen LogP contribution >= 0.6 is 0 Å². The lowest BCUT2D eigenvalue weighted by Gasteiger charge is -2.48. The normalized spacial score (nSPS) is 13.6. The molecule has 686 valence electrons. The van der Waals surface area contributed by atoms with Crippen LogP contribution in [0, 0.1) is 0 Å². The van der Waals surface area contributed by atoms with Gasteiger partial charge < -0.3 is 19.6 Å². The van der Waals surface area contributed by atoms with Crippen molar-refractivity contribution in [2.24, 2.45) is 0 Å². The molecule has 4 heterocycles. The second-order valence-electron chi connectivity index (χ2n) is 41.7. The fourth-order valence-electron chi connectivity index (χ4n) is 24.8. The number of nitrogens with zero attached hydrogens (tertiary/aromatic N) is 4. The molecule has 4 aliphatic heterocycles. The molecule has 0 amide bonds. The first-order valence-corrected chi connectivity index (χ1v) is 50.9. The van der Waals surface area contributed by atoms with E-state index in [0.29, 0.717) is 0 Å². The molecular weight excluding hydrogens is 1750 g/mol. The molecule has 0 saturated carbocycles. The maximum Gasteiger partial charge on any atom is 0.252 e. The third kappa shape index (κ3) is 13.8. The average molecular weight is 1850 g/mol. The van der Waals surface area contributed by atoms with Gasteiger partial charge in [-0.2, -0.15) is 0 Å². The van der Waals surface area contributed by atoms with Gasteiger partial charge in [0.25, 0.3) is 6.71 Å². The van der Waals surface area contributed by atoms with Gasteiger partial charge in [0.15, 0.2) is 0 Å². The Labute approximate surface area is 849 Å². The van der Waals surface area contributed by atoms with E-state index in [-0.39, 0.29) is 5.41 Å². The van der Waals surface area contributed by atoms with Crippen LogP contribution in [0.25, 0.3) is 110 Å². The van der Waals surface area contributed by atoms with Crippen LogP contribution in [-0.4, -0.2) is 6.71 Å². The van der Waals surface area contributed by atoms with Gasteiger partial charge in [-0.05, 0) is 255 Å². The molecule has 0 unspecified atom stereocenters. The fraction of sp³-hybridized carbons (Fsp3) is 0.0714. The highest BCUT2D eigenvalue weighted by Gasteiger charge is 2.52. The van der Waals surface area contributed by atoms with Crippen molar-refractivity contribution in [2.75, 3.05) is 19.6 Å². The van der Waals surface area contributed by atoms with Gasteiger partial charge in [0.05, 0.1) is 45.0 Å². The van der Waals surface area contributed by atoms with Crippen LogP contribution in [-0.2, 0) is 21.7 Å². The van der Waals surface area contributed by atoms with Gasteiger partial charge >= 0.3 is 0 Å². The van der Waals surface area contributed by atoms with Crippen LogP contribution < -0.4 is 36.0 Å². The van der Waals surface area contributed by atoms with Gasteiger partial charge in [0, 0.05) is 56.4 Å². The van der Waals surface area contributed by atoms with Gasteiger partial charge in [-0.1, -0.05) is 472 Å². The van der Waals surface area contributed by atoms with Crippen LogP contribution in [0.2, 0.25) is 0 Å². The largest absolute Gasteiger partial charge is 0.310 e. The summed E-state index contributed by atoms with van der Waals surface area (Å²) in [5, 5.41) is 9.67. The average Bonchev–Trinajstić information content (AvgIpc) is 0.674. The summed E-state index contributed by atoms with van der Waals surface area (Å²) in [6.07, 6.45) is 0. The van der Waals surface area contributed by atoms with Crippen molar-refractivity contribution in [3.8, 4) is 66.8 Å². The van der Waals surface area contributed by atoms with Gasteiger partial charge in [-0.3, -0.25) is 0 Å². The summed E-state index contributed by atoms with van der Waals surface area (Å²) in [7, 11) is 0. The van der Waals surface area contributed by atoms with Crippen LogP contribution in [0.4, 0.5) is 68.2 Å². The molecule has 23 aromatic carbocycles. The number of hydrogen-bond acceptors (Lipinski definition) is 4. The minimum atomic E-state index is -0.723. The van der Waals surface area contributed by atoms with Crippen LogP contribution in [0.15, 0.2) is 516 Å². The lowest BCUT2D eigenvalue weighted by Crippen LogP contribution is -2.61. The van der Waals surface area contributed by atoms with Crippen molar-refractivity contribution in [3.05, 3.63) is 571 Å². The third-order valence-electron chi connectivity index (χ3n) is 31.6. The summed E-state index contributed by atoms with van der Waals surface area (Å²) in [5.41, 5.74) is 39.8. The lowest BCUT2D eigenvalue weighted by atomic mass is 9.33. The monoisotopic (exact) mass is 1850 g/mol. The molecule has 0 spiro atoms. The van der Waals surface area contributed by atoms with E-state index in [4.69, 9.17) is 0 Å². The zero-order chi connectivity index (χ0) is 97.0. The Morgan fingerprint density at radius 3 is 0.841 bits per heavy atom. The topological polar surface area (TPSA) is 13.0 Å². The predicted molar refractivity (Wildman–Crippen MR) is 614 cm³/mol. The molecule has 4 aliphatic rings. The van der Waals surface area contributed by atoms with E-state index >= 15 is 0 Å². The van der Waals surface area contributed by atoms with Crippen molar-refractivity contribution in [2.45, 2.75) is 63.2 Å². The molecule has 0 radical (unpaired) electrons.